The maximum Gasteiger partial charge on any atom is 0.207 e. The molecular formula is C37H28N8O2. The van der Waals surface area contributed by atoms with Crippen molar-refractivity contribution in [2.75, 3.05) is 9.80 Å². The van der Waals surface area contributed by atoms with Crippen LogP contribution in [0.3, 0.4) is 0 Å². The first kappa shape index (κ1) is 26.1. The summed E-state index contributed by atoms with van der Waals surface area (Å²) in [5, 5.41) is 20.3. The lowest BCUT2D eigenvalue weighted by molar-refractivity contribution is 0.464. The van der Waals surface area contributed by atoms with Crippen LogP contribution < -0.4 is 30.0 Å². The first-order chi connectivity index (χ1) is 23.1. The molecular weight excluding hydrogens is 588 g/mol. The fraction of sp³-hybridized carbons (Fsp3) is 0.135. The van der Waals surface area contributed by atoms with Gasteiger partial charge in [-0.25, -0.2) is 0 Å². The molecule has 0 fully saturated rings. The van der Waals surface area contributed by atoms with E-state index in [-0.39, 0.29) is 12.0 Å². The van der Waals surface area contributed by atoms with E-state index in [1.807, 2.05) is 62.4 Å². The fourth-order valence-electron chi connectivity index (χ4n) is 7.50. The molecule has 10 rings (SSSR count). The quantitative estimate of drug-likeness (QED) is 0.228. The number of para-hydroxylation sites is 8. The number of aryl methyl sites for hydroxylation is 2. The number of hydrogen-bond donors (Lipinski definition) is 0. The number of nitrogens with zero attached hydrogens (tertiary/aromatic N) is 8. The van der Waals surface area contributed by atoms with Gasteiger partial charge in [-0.3, -0.25) is 8.80 Å². The molecule has 47 heavy (non-hydrogen) atoms. The number of fused-ring (bicyclic) bond motifs is 10. The molecule has 4 aromatic carbocycles. The summed E-state index contributed by atoms with van der Waals surface area (Å²) in [6.45, 7) is 6.28. The van der Waals surface area contributed by atoms with E-state index in [1.165, 1.54) is 0 Å². The summed E-state index contributed by atoms with van der Waals surface area (Å²) in [4.78, 5) is 4.77. The van der Waals surface area contributed by atoms with E-state index in [2.05, 4.69) is 101 Å². The number of hydrogen-bond acceptors (Lipinski definition) is 8. The largest absolute Gasteiger partial charge is 0.453 e. The molecule has 0 saturated carbocycles. The second-order valence-corrected chi connectivity index (χ2v) is 12.2. The molecule has 10 nitrogen and oxygen atoms in total. The Kier molecular flexibility index (Phi) is 5.23. The van der Waals surface area contributed by atoms with Gasteiger partial charge in [0.1, 0.15) is 11.6 Å². The normalized spacial score (nSPS) is 17.6. The number of anilines is 4. The predicted octanol–water partition coefficient (Wildman–Crippen LogP) is 6.18. The highest BCUT2D eigenvalue weighted by Gasteiger charge is 2.40. The molecule has 2 atom stereocenters. The third-order valence-corrected chi connectivity index (χ3v) is 9.51. The Labute approximate surface area is 269 Å². The summed E-state index contributed by atoms with van der Waals surface area (Å²) in [5.74, 6) is 4.69. The average Bonchev–Trinajstić information content (AvgIpc) is 3.69. The SMILES string of the molecule is Cc1nnc2c3nnc(C)n3c3c(n12)=CC(N1c2ccccc2Oc2ccccc21)C(C)C=3N1c2ccccc2Oc2ccccc21. The van der Waals surface area contributed by atoms with Crippen molar-refractivity contribution in [3.8, 4) is 23.0 Å². The van der Waals surface area contributed by atoms with Crippen LogP contribution in [0.1, 0.15) is 18.6 Å². The molecule has 10 heteroatoms. The number of ether oxygens (including phenoxy) is 2. The van der Waals surface area contributed by atoms with Crippen LogP contribution in [0.4, 0.5) is 22.7 Å². The van der Waals surface area contributed by atoms with Crippen LogP contribution in [0.5, 0.6) is 23.0 Å². The van der Waals surface area contributed by atoms with Crippen molar-refractivity contribution in [1.29, 1.82) is 0 Å². The maximum absolute atomic E-state index is 6.48. The first-order valence-corrected chi connectivity index (χ1v) is 15.7. The molecule has 3 aromatic heterocycles. The van der Waals surface area contributed by atoms with Gasteiger partial charge in [-0.15, -0.1) is 20.4 Å². The molecule has 0 saturated heterocycles. The highest BCUT2D eigenvalue weighted by Crippen LogP contribution is 2.53. The van der Waals surface area contributed by atoms with Gasteiger partial charge in [0, 0.05) is 5.92 Å². The van der Waals surface area contributed by atoms with Crippen LogP contribution in [-0.4, -0.2) is 35.2 Å². The highest BCUT2D eigenvalue weighted by atomic mass is 16.5. The minimum atomic E-state index is -0.148. The summed E-state index contributed by atoms with van der Waals surface area (Å²) in [5.41, 5.74) is 6.33. The van der Waals surface area contributed by atoms with Gasteiger partial charge in [0.05, 0.1) is 45.2 Å². The molecule has 1 aliphatic carbocycles. The van der Waals surface area contributed by atoms with Gasteiger partial charge in [0.2, 0.25) is 11.3 Å². The van der Waals surface area contributed by atoms with Crippen LogP contribution in [0.2, 0.25) is 0 Å². The van der Waals surface area contributed by atoms with E-state index >= 15 is 0 Å². The standard InChI is InChI=1S/C37H28N8O2/c1-21-28(44-24-12-4-8-16-30(24)46-31-17-9-5-13-25(31)44)20-29-35(43-23(3)39-41-37(43)36-40-38-22(2)42(29)36)34(21)45-26-14-6-10-18-32(26)47-33-19-11-7-15-27(33)45/h4-21,28H,1-3H3. The number of benzene rings is 4. The second kappa shape index (κ2) is 9.43. The third kappa shape index (κ3) is 3.49. The summed E-state index contributed by atoms with van der Waals surface area (Å²) >= 11 is 0. The summed E-state index contributed by atoms with van der Waals surface area (Å²) in [6.07, 6.45) is 2.35. The zero-order valence-electron chi connectivity index (χ0n) is 25.9. The molecule has 2 aliphatic heterocycles. The molecule has 7 aromatic rings. The van der Waals surface area contributed by atoms with Gasteiger partial charge in [-0.05, 0) is 68.5 Å². The topological polar surface area (TPSA) is 85.3 Å². The van der Waals surface area contributed by atoms with Crippen LogP contribution in [0.15, 0.2) is 97.1 Å². The van der Waals surface area contributed by atoms with Crippen molar-refractivity contribution >= 4 is 45.8 Å². The predicted molar refractivity (Wildman–Crippen MR) is 179 cm³/mol. The molecule has 0 N–H and O–H groups in total. The van der Waals surface area contributed by atoms with Crippen molar-refractivity contribution in [3.63, 3.8) is 0 Å². The van der Waals surface area contributed by atoms with E-state index in [0.717, 1.165) is 73.8 Å². The molecule has 5 heterocycles. The van der Waals surface area contributed by atoms with E-state index in [0.29, 0.717) is 11.3 Å². The lowest BCUT2D eigenvalue weighted by Crippen LogP contribution is -2.53. The molecule has 0 spiro atoms. The van der Waals surface area contributed by atoms with E-state index in [9.17, 15) is 0 Å². The van der Waals surface area contributed by atoms with E-state index in [4.69, 9.17) is 9.47 Å². The van der Waals surface area contributed by atoms with Crippen molar-refractivity contribution in [1.82, 2.24) is 29.2 Å². The van der Waals surface area contributed by atoms with Crippen LogP contribution in [-0.2, 0) is 0 Å². The first-order valence-electron chi connectivity index (χ1n) is 15.7. The zero-order chi connectivity index (χ0) is 31.4. The highest BCUT2D eigenvalue weighted by molar-refractivity contribution is 5.91. The van der Waals surface area contributed by atoms with Crippen molar-refractivity contribution < 1.29 is 9.47 Å². The lowest BCUT2D eigenvalue weighted by Gasteiger charge is -2.44. The monoisotopic (exact) mass is 616 g/mol. The van der Waals surface area contributed by atoms with Crippen LogP contribution in [0, 0.1) is 19.8 Å². The number of rotatable bonds is 2. The van der Waals surface area contributed by atoms with Crippen molar-refractivity contribution in [3.05, 3.63) is 119 Å². The minimum absolute atomic E-state index is 0.0693. The second-order valence-electron chi connectivity index (χ2n) is 12.2. The van der Waals surface area contributed by atoms with Crippen molar-refractivity contribution in [2.45, 2.75) is 26.8 Å². The molecule has 2 unspecified atom stereocenters. The molecule has 0 bridgehead atoms. The number of aromatic nitrogens is 6. The lowest BCUT2D eigenvalue weighted by atomic mass is 9.88. The third-order valence-electron chi connectivity index (χ3n) is 9.51. The molecule has 3 aliphatic rings. The zero-order valence-corrected chi connectivity index (χ0v) is 25.9. The summed E-state index contributed by atoms with van der Waals surface area (Å²) < 4.78 is 17.2. The minimum Gasteiger partial charge on any atom is -0.453 e. The van der Waals surface area contributed by atoms with E-state index in [1.54, 1.807) is 0 Å². The van der Waals surface area contributed by atoms with Gasteiger partial charge in [0.15, 0.2) is 23.0 Å². The van der Waals surface area contributed by atoms with Gasteiger partial charge in [0.25, 0.3) is 0 Å². The molecule has 228 valence electrons. The summed E-state index contributed by atoms with van der Waals surface area (Å²) in [7, 11) is 0. The Hall–Kier alpha value is -6.16. The van der Waals surface area contributed by atoms with Gasteiger partial charge >= 0.3 is 0 Å². The van der Waals surface area contributed by atoms with Gasteiger partial charge in [-0.2, -0.15) is 0 Å². The Balaban J connectivity index is 1.38. The Bertz CT molecular complexity index is 2480. The van der Waals surface area contributed by atoms with Gasteiger partial charge < -0.3 is 19.3 Å². The smallest absolute Gasteiger partial charge is 0.207 e. The average molecular weight is 617 g/mol. The maximum atomic E-state index is 6.48. The summed E-state index contributed by atoms with van der Waals surface area (Å²) in [6, 6.07) is 32.8. The van der Waals surface area contributed by atoms with Crippen LogP contribution >= 0.6 is 0 Å². The van der Waals surface area contributed by atoms with E-state index < -0.39 is 0 Å². The van der Waals surface area contributed by atoms with Gasteiger partial charge in [-0.1, -0.05) is 55.5 Å². The van der Waals surface area contributed by atoms with Crippen molar-refractivity contribution in [2.24, 2.45) is 5.92 Å². The molecule has 0 radical (unpaired) electrons. The Morgan fingerprint density at radius 1 is 0.553 bits per heavy atom. The van der Waals surface area contributed by atoms with Crippen LogP contribution in [0.25, 0.3) is 23.1 Å². The Morgan fingerprint density at radius 3 is 1.55 bits per heavy atom. The molecule has 0 amide bonds. The fourth-order valence-corrected chi connectivity index (χ4v) is 7.50. The Morgan fingerprint density at radius 2 is 1.00 bits per heavy atom.